The highest BCUT2D eigenvalue weighted by molar-refractivity contribution is 6.41. The Morgan fingerprint density at radius 2 is 1.45 bits per heavy atom. The first-order chi connectivity index (χ1) is 14.6. The van der Waals surface area contributed by atoms with Crippen LogP contribution in [0.3, 0.4) is 0 Å². The van der Waals surface area contributed by atoms with E-state index in [9.17, 15) is 24.0 Å². The predicted molar refractivity (Wildman–Crippen MR) is 106 cm³/mol. The molecular weight excluding hydrogens is 410 g/mol. The second kappa shape index (κ2) is 10.7. The zero-order valence-electron chi connectivity index (χ0n) is 17.7. The van der Waals surface area contributed by atoms with Crippen molar-refractivity contribution in [1.29, 1.82) is 0 Å². The minimum absolute atomic E-state index is 0.0590. The maximum atomic E-state index is 13.0. The minimum Gasteiger partial charge on any atom is -0.456 e. The molecule has 2 rings (SSSR count). The molecule has 10 heteroatoms. The molecule has 168 valence electrons. The monoisotopic (exact) mass is 435 g/mol. The van der Waals surface area contributed by atoms with Crippen LogP contribution in [0.25, 0.3) is 0 Å². The molecule has 4 atom stereocenters. The number of carbonyl (C=O) groups excluding carboxylic acids is 5. The van der Waals surface area contributed by atoms with Crippen LogP contribution in [0.4, 0.5) is 5.69 Å². The van der Waals surface area contributed by atoms with Crippen LogP contribution in [-0.4, -0.2) is 60.7 Å². The van der Waals surface area contributed by atoms with Crippen LogP contribution in [-0.2, 0) is 42.9 Å². The zero-order chi connectivity index (χ0) is 23.1. The molecule has 0 bridgehead atoms. The van der Waals surface area contributed by atoms with E-state index in [1.54, 1.807) is 30.3 Å². The molecule has 10 nitrogen and oxygen atoms in total. The van der Waals surface area contributed by atoms with E-state index in [4.69, 9.17) is 18.9 Å². The number of carbonyl (C=O) groups is 5. The summed E-state index contributed by atoms with van der Waals surface area (Å²) in [7, 11) is 0. The van der Waals surface area contributed by atoms with Gasteiger partial charge in [-0.1, -0.05) is 25.1 Å². The number of anilines is 1. The number of rotatable bonds is 7. The molecule has 1 aromatic carbocycles. The normalized spacial score (nSPS) is 22.7. The van der Waals surface area contributed by atoms with Gasteiger partial charge >= 0.3 is 17.9 Å². The van der Waals surface area contributed by atoms with Gasteiger partial charge in [0, 0.05) is 32.9 Å². The SMILES string of the molecule is CCC(=O)C(=O)N(c1ccccc1)[C@@H]1OC[C@@H](OC(C)=O)[C@H](OC(C)=O)[C@H]1OC(C)=O. The van der Waals surface area contributed by atoms with Gasteiger partial charge in [0.2, 0.25) is 5.78 Å². The Hall–Kier alpha value is -3.27. The van der Waals surface area contributed by atoms with Crippen molar-refractivity contribution in [2.45, 2.75) is 58.7 Å². The Bertz CT molecular complexity index is 839. The van der Waals surface area contributed by atoms with Crippen molar-refractivity contribution < 1.29 is 42.9 Å². The van der Waals surface area contributed by atoms with Crippen LogP contribution >= 0.6 is 0 Å². The largest absolute Gasteiger partial charge is 0.456 e. The molecule has 0 aliphatic carbocycles. The fraction of sp³-hybridized carbons (Fsp3) is 0.476. The number of esters is 3. The minimum atomic E-state index is -1.37. The van der Waals surface area contributed by atoms with E-state index >= 15 is 0 Å². The standard InChI is InChI=1S/C21H25NO9/c1-5-16(26)20(27)22(15-9-7-6-8-10-15)21-19(31-14(4)25)18(30-13(3)24)17(11-28-21)29-12(2)23/h6-10,17-19,21H,5,11H2,1-4H3/t17-,18+,19-,21-/m1/s1. The van der Waals surface area contributed by atoms with Gasteiger partial charge in [-0.3, -0.25) is 28.9 Å². The number of hydrogen-bond acceptors (Lipinski definition) is 9. The molecule has 0 saturated carbocycles. The Morgan fingerprint density at radius 1 is 0.903 bits per heavy atom. The summed E-state index contributed by atoms with van der Waals surface area (Å²) >= 11 is 0. The van der Waals surface area contributed by atoms with Gasteiger partial charge in [-0.2, -0.15) is 0 Å². The third-order valence-electron chi connectivity index (χ3n) is 4.39. The van der Waals surface area contributed by atoms with Gasteiger partial charge in [-0.15, -0.1) is 0 Å². The van der Waals surface area contributed by atoms with E-state index < -0.39 is 54.1 Å². The van der Waals surface area contributed by atoms with Gasteiger partial charge in [0.25, 0.3) is 5.91 Å². The van der Waals surface area contributed by atoms with Gasteiger partial charge in [-0.05, 0) is 12.1 Å². The molecular formula is C21H25NO9. The van der Waals surface area contributed by atoms with Crippen molar-refractivity contribution in [3.63, 3.8) is 0 Å². The van der Waals surface area contributed by atoms with E-state index in [0.717, 1.165) is 25.7 Å². The summed E-state index contributed by atoms with van der Waals surface area (Å²) in [6.07, 6.45) is -5.09. The first-order valence-corrected chi connectivity index (χ1v) is 9.70. The highest BCUT2D eigenvalue weighted by Gasteiger charge is 2.50. The van der Waals surface area contributed by atoms with E-state index in [0.29, 0.717) is 5.69 Å². The molecule has 0 radical (unpaired) electrons. The number of ketones is 1. The number of ether oxygens (including phenoxy) is 4. The number of amides is 1. The highest BCUT2D eigenvalue weighted by Crippen LogP contribution is 2.30. The van der Waals surface area contributed by atoms with Gasteiger partial charge < -0.3 is 18.9 Å². The first-order valence-electron chi connectivity index (χ1n) is 9.70. The molecule has 1 fully saturated rings. The predicted octanol–water partition coefficient (Wildman–Crippen LogP) is 1.15. The third kappa shape index (κ3) is 6.11. The number of benzene rings is 1. The number of hydrogen-bond donors (Lipinski definition) is 0. The number of para-hydroxylation sites is 1. The molecule has 1 heterocycles. The van der Waals surface area contributed by atoms with Gasteiger partial charge in [0.15, 0.2) is 24.5 Å². The van der Waals surface area contributed by atoms with Crippen LogP contribution in [0.2, 0.25) is 0 Å². The average Bonchev–Trinajstić information content (AvgIpc) is 2.71. The summed E-state index contributed by atoms with van der Waals surface area (Å²) in [6.45, 7) is 4.70. The van der Waals surface area contributed by atoms with Crippen molar-refractivity contribution in [2.24, 2.45) is 0 Å². The highest BCUT2D eigenvalue weighted by atomic mass is 16.6. The third-order valence-corrected chi connectivity index (χ3v) is 4.39. The lowest BCUT2D eigenvalue weighted by Crippen LogP contribution is -2.64. The van der Waals surface area contributed by atoms with E-state index in [-0.39, 0.29) is 13.0 Å². The lowest BCUT2D eigenvalue weighted by molar-refractivity contribution is -0.225. The smallest absolute Gasteiger partial charge is 0.303 e. The second-order valence-corrected chi connectivity index (χ2v) is 6.81. The quantitative estimate of drug-likeness (QED) is 0.352. The van der Waals surface area contributed by atoms with Crippen LogP contribution in [0.15, 0.2) is 30.3 Å². The number of nitrogens with zero attached hydrogens (tertiary/aromatic N) is 1. The Morgan fingerprint density at radius 3 is 1.97 bits per heavy atom. The van der Waals surface area contributed by atoms with Crippen LogP contribution in [0.5, 0.6) is 0 Å². The van der Waals surface area contributed by atoms with E-state index in [2.05, 4.69) is 0 Å². The summed E-state index contributed by atoms with van der Waals surface area (Å²) in [6, 6.07) is 8.18. The Kier molecular flexibility index (Phi) is 8.26. The van der Waals surface area contributed by atoms with Crippen molar-refractivity contribution >= 4 is 35.3 Å². The molecule has 0 spiro atoms. The maximum absolute atomic E-state index is 13.0. The van der Waals surface area contributed by atoms with Crippen LogP contribution < -0.4 is 4.90 Å². The average molecular weight is 435 g/mol. The molecule has 0 aromatic heterocycles. The lowest BCUT2D eigenvalue weighted by Gasteiger charge is -2.44. The van der Waals surface area contributed by atoms with Gasteiger partial charge in [-0.25, -0.2) is 0 Å². The Balaban J connectivity index is 2.55. The Labute approximate surface area is 179 Å². The fourth-order valence-electron chi connectivity index (χ4n) is 3.20. The van der Waals surface area contributed by atoms with Gasteiger partial charge in [0.05, 0.1) is 6.61 Å². The molecule has 1 aliphatic rings. The molecule has 31 heavy (non-hydrogen) atoms. The second-order valence-electron chi connectivity index (χ2n) is 6.81. The lowest BCUT2D eigenvalue weighted by atomic mass is 10.0. The van der Waals surface area contributed by atoms with E-state index in [1.165, 1.54) is 6.92 Å². The molecule has 1 aliphatic heterocycles. The summed E-state index contributed by atoms with van der Waals surface area (Å²) in [5, 5.41) is 0. The first kappa shape index (κ1) is 24.0. The van der Waals surface area contributed by atoms with Crippen molar-refractivity contribution in [2.75, 3.05) is 11.5 Å². The molecule has 1 saturated heterocycles. The summed E-state index contributed by atoms with van der Waals surface area (Å²) < 4.78 is 21.6. The van der Waals surface area contributed by atoms with Gasteiger partial charge in [0.1, 0.15) is 0 Å². The zero-order valence-corrected chi connectivity index (χ0v) is 17.7. The van der Waals surface area contributed by atoms with E-state index in [1.807, 2.05) is 0 Å². The van der Waals surface area contributed by atoms with Crippen molar-refractivity contribution in [1.82, 2.24) is 0 Å². The molecule has 0 unspecified atom stereocenters. The van der Waals surface area contributed by atoms with Crippen LogP contribution in [0, 0.1) is 0 Å². The maximum Gasteiger partial charge on any atom is 0.303 e. The van der Waals surface area contributed by atoms with Crippen molar-refractivity contribution in [3.05, 3.63) is 30.3 Å². The van der Waals surface area contributed by atoms with Crippen LogP contribution in [0.1, 0.15) is 34.1 Å². The summed E-state index contributed by atoms with van der Waals surface area (Å²) in [5.74, 6) is -3.71. The molecule has 0 N–H and O–H groups in total. The topological polar surface area (TPSA) is 126 Å². The molecule has 1 aromatic rings. The van der Waals surface area contributed by atoms with Crippen molar-refractivity contribution in [3.8, 4) is 0 Å². The fourth-order valence-corrected chi connectivity index (χ4v) is 3.20. The molecule has 1 amide bonds. The number of Topliss-reactive ketones (excluding diaryl/α,β-unsaturated/α-hetero) is 1. The summed E-state index contributed by atoms with van der Waals surface area (Å²) in [4.78, 5) is 61.4. The summed E-state index contributed by atoms with van der Waals surface area (Å²) in [5.41, 5.74) is 0.309.